The summed E-state index contributed by atoms with van der Waals surface area (Å²) in [6, 6.07) is 2.32. The number of benzene rings is 1. The fourth-order valence-corrected chi connectivity index (χ4v) is 1.17. The zero-order valence-electron chi connectivity index (χ0n) is 8.41. The third-order valence-corrected chi connectivity index (χ3v) is 1.92. The summed E-state index contributed by atoms with van der Waals surface area (Å²) in [5, 5.41) is 11.0. The molecule has 1 aromatic carbocycles. The highest BCUT2D eigenvalue weighted by molar-refractivity contribution is 5.67. The molecular weight excluding hydrogens is 218 g/mol. The summed E-state index contributed by atoms with van der Waals surface area (Å²) in [4.78, 5) is 10.3. The lowest BCUT2D eigenvalue weighted by molar-refractivity contribution is -0.137. The first-order chi connectivity index (χ1) is 7.49. The third kappa shape index (κ3) is 3.82. The zero-order chi connectivity index (χ0) is 12.1. The molecule has 0 aliphatic carbocycles. The molecule has 0 saturated heterocycles. The van der Waals surface area contributed by atoms with Crippen molar-refractivity contribution in [1.29, 1.82) is 0 Å². The maximum Gasteiger partial charge on any atom is 0.304 e. The van der Waals surface area contributed by atoms with Crippen molar-refractivity contribution in [2.24, 2.45) is 5.73 Å². The van der Waals surface area contributed by atoms with Crippen LogP contribution in [0.1, 0.15) is 6.42 Å². The number of nitrogens with one attached hydrogen (secondary N) is 1. The predicted octanol–water partition coefficient (Wildman–Crippen LogP) is 1.18. The number of aliphatic carboxylic acids is 1. The van der Waals surface area contributed by atoms with E-state index in [4.69, 9.17) is 10.8 Å². The van der Waals surface area contributed by atoms with E-state index in [1.807, 2.05) is 0 Å². The molecule has 0 saturated carbocycles. The monoisotopic (exact) mass is 230 g/mol. The molecule has 0 aliphatic rings. The van der Waals surface area contributed by atoms with Gasteiger partial charge >= 0.3 is 5.97 Å². The Balaban J connectivity index is 2.54. The minimum Gasteiger partial charge on any atom is -0.481 e. The van der Waals surface area contributed by atoms with Crippen molar-refractivity contribution in [2.45, 2.75) is 12.5 Å². The number of rotatable bonds is 5. The standard InChI is InChI=1S/C10H12F2N2O2/c11-6-1-2-8(12)9(3-6)14-5-7(13)4-10(15)16/h1-3,7,14H,4-5,13H2,(H,15,16). The number of nitrogens with two attached hydrogens (primary N) is 1. The summed E-state index contributed by atoms with van der Waals surface area (Å²) in [5.41, 5.74) is 5.42. The minimum atomic E-state index is -1.03. The lowest BCUT2D eigenvalue weighted by atomic mass is 10.2. The van der Waals surface area contributed by atoms with Gasteiger partial charge in [0.05, 0.1) is 12.1 Å². The van der Waals surface area contributed by atoms with Crippen LogP contribution < -0.4 is 11.1 Å². The second-order valence-electron chi connectivity index (χ2n) is 3.36. The molecule has 0 radical (unpaired) electrons. The highest BCUT2D eigenvalue weighted by atomic mass is 19.1. The number of halogens is 2. The van der Waals surface area contributed by atoms with E-state index in [-0.39, 0.29) is 18.7 Å². The summed E-state index contributed by atoms with van der Waals surface area (Å²) in [6.45, 7) is 0.0622. The van der Waals surface area contributed by atoms with Crippen molar-refractivity contribution in [3.05, 3.63) is 29.8 Å². The van der Waals surface area contributed by atoms with Crippen LogP contribution in [-0.4, -0.2) is 23.7 Å². The molecule has 0 fully saturated rings. The molecule has 0 amide bonds. The van der Waals surface area contributed by atoms with Crippen molar-refractivity contribution in [3.8, 4) is 0 Å². The molecule has 4 N–H and O–H groups in total. The zero-order valence-corrected chi connectivity index (χ0v) is 8.41. The second-order valence-corrected chi connectivity index (χ2v) is 3.36. The molecule has 0 bridgehead atoms. The molecule has 1 atom stereocenters. The average Bonchev–Trinajstić information content (AvgIpc) is 2.18. The average molecular weight is 230 g/mol. The van der Waals surface area contributed by atoms with E-state index >= 15 is 0 Å². The SMILES string of the molecule is NC(CNc1cc(F)ccc1F)CC(=O)O. The highest BCUT2D eigenvalue weighted by Crippen LogP contribution is 2.14. The van der Waals surface area contributed by atoms with Gasteiger partial charge in [-0.05, 0) is 18.2 Å². The summed E-state index contributed by atoms with van der Waals surface area (Å²) >= 11 is 0. The molecular formula is C10H12F2N2O2. The van der Waals surface area contributed by atoms with E-state index in [0.717, 1.165) is 18.2 Å². The maximum absolute atomic E-state index is 13.1. The van der Waals surface area contributed by atoms with Gasteiger partial charge in [0.15, 0.2) is 0 Å². The van der Waals surface area contributed by atoms with Gasteiger partial charge in [0.25, 0.3) is 0 Å². The largest absolute Gasteiger partial charge is 0.481 e. The van der Waals surface area contributed by atoms with Gasteiger partial charge in [-0.15, -0.1) is 0 Å². The highest BCUT2D eigenvalue weighted by Gasteiger charge is 2.09. The molecule has 0 heterocycles. The van der Waals surface area contributed by atoms with Crippen molar-refractivity contribution in [1.82, 2.24) is 0 Å². The number of hydrogen-bond acceptors (Lipinski definition) is 3. The number of carboxylic acids is 1. The maximum atomic E-state index is 13.1. The Morgan fingerprint density at radius 2 is 2.19 bits per heavy atom. The number of carboxylic acid groups (broad SMARTS) is 1. The van der Waals surface area contributed by atoms with Crippen molar-refractivity contribution >= 4 is 11.7 Å². The number of anilines is 1. The van der Waals surface area contributed by atoms with Crippen LogP contribution in [-0.2, 0) is 4.79 Å². The van der Waals surface area contributed by atoms with Gasteiger partial charge in [0, 0.05) is 12.6 Å². The van der Waals surface area contributed by atoms with Crippen LogP contribution >= 0.6 is 0 Å². The fraction of sp³-hybridized carbons (Fsp3) is 0.300. The summed E-state index contributed by atoms with van der Waals surface area (Å²) < 4.78 is 25.8. The molecule has 0 aromatic heterocycles. The smallest absolute Gasteiger partial charge is 0.304 e. The van der Waals surface area contributed by atoms with Crippen LogP contribution in [0.5, 0.6) is 0 Å². The lowest BCUT2D eigenvalue weighted by Crippen LogP contribution is -2.31. The topological polar surface area (TPSA) is 75.3 Å². The molecule has 4 nitrogen and oxygen atoms in total. The van der Waals surface area contributed by atoms with E-state index in [0.29, 0.717) is 0 Å². The van der Waals surface area contributed by atoms with E-state index in [9.17, 15) is 13.6 Å². The Morgan fingerprint density at radius 1 is 1.50 bits per heavy atom. The molecule has 1 unspecified atom stereocenters. The number of carbonyl (C=O) groups is 1. The van der Waals surface area contributed by atoms with Gasteiger partial charge in [-0.3, -0.25) is 4.79 Å². The van der Waals surface area contributed by atoms with Crippen LogP contribution in [0.2, 0.25) is 0 Å². The van der Waals surface area contributed by atoms with Crippen LogP contribution in [0, 0.1) is 11.6 Å². The first kappa shape index (κ1) is 12.4. The quantitative estimate of drug-likeness (QED) is 0.710. The first-order valence-electron chi connectivity index (χ1n) is 4.65. The van der Waals surface area contributed by atoms with Gasteiger partial charge < -0.3 is 16.2 Å². The van der Waals surface area contributed by atoms with Gasteiger partial charge in [-0.1, -0.05) is 0 Å². The normalized spacial score (nSPS) is 12.2. The van der Waals surface area contributed by atoms with Crippen molar-refractivity contribution in [3.63, 3.8) is 0 Å². The second kappa shape index (κ2) is 5.41. The Kier molecular flexibility index (Phi) is 4.19. The summed E-state index contributed by atoms with van der Waals surface area (Å²) in [7, 11) is 0. The molecule has 16 heavy (non-hydrogen) atoms. The Labute approximate surface area is 91.1 Å². The summed E-state index contributed by atoms with van der Waals surface area (Å²) in [6.07, 6.45) is -0.232. The molecule has 1 aromatic rings. The molecule has 0 aliphatic heterocycles. The van der Waals surface area contributed by atoms with Crippen molar-refractivity contribution in [2.75, 3.05) is 11.9 Å². The molecule has 88 valence electrons. The van der Waals surface area contributed by atoms with E-state index in [1.54, 1.807) is 0 Å². The fourth-order valence-electron chi connectivity index (χ4n) is 1.17. The first-order valence-corrected chi connectivity index (χ1v) is 4.65. The van der Waals surface area contributed by atoms with E-state index < -0.39 is 23.6 Å². The van der Waals surface area contributed by atoms with Crippen LogP contribution in [0.25, 0.3) is 0 Å². The Bertz CT molecular complexity index is 385. The van der Waals surface area contributed by atoms with Crippen LogP contribution in [0.3, 0.4) is 0 Å². The predicted molar refractivity (Wildman–Crippen MR) is 55.1 cm³/mol. The van der Waals surface area contributed by atoms with Gasteiger partial charge in [0.2, 0.25) is 0 Å². The molecule has 0 spiro atoms. The Hall–Kier alpha value is -1.69. The van der Waals surface area contributed by atoms with E-state index in [2.05, 4.69) is 5.32 Å². The van der Waals surface area contributed by atoms with E-state index in [1.165, 1.54) is 0 Å². The van der Waals surface area contributed by atoms with Crippen LogP contribution in [0.15, 0.2) is 18.2 Å². The molecule has 6 heteroatoms. The van der Waals surface area contributed by atoms with Gasteiger partial charge in [-0.25, -0.2) is 8.78 Å². The number of hydrogen-bond donors (Lipinski definition) is 3. The lowest BCUT2D eigenvalue weighted by Gasteiger charge is -2.12. The van der Waals surface area contributed by atoms with Gasteiger partial charge in [0.1, 0.15) is 11.6 Å². The van der Waals surface area contributed by atoms with Crippen molar-refractivity contribution < 1.29 is 18.7 Å². The van der Waals surface area contributed by atoms with Gasteiger partial charge in [-0.2, -0.15) is 0 Å². The molecule has 1 rings (SSSR count). The Morgan fingerprint density at radius 3 is 2.81 bits per heavy atom. The minimum absolute atomic E-state index is 0.0270. The van der Waals surface area contributed by atoms with Crippen LogP contribution in [0.4, 0.5) is 14.5 Å². The third-order valence-electron chi connectivity index (χ3n) is 1.92. The summed E-state index contributed by atoms with van der Waals surface area (Å²) in [5.74, 6) is -2.21.